The largest absolute Gasteiger partial charge is 0.370 e. The van der Waals surface area contributed by atoms with E-state index in [0.29, 0.717) is 12.1 Å². The van der Waals surface area contributed by atoms with Gasteiger partial charge in [-0.3, -0.25) is 4.79 Å². The van der Waals surface area contributed by atoms with Gasteiger partial charge in [0.15, 0.2) is 0 Å². The highest BCUT2D eigenvalue weighted by Gasteiger charge is 2.11. The van der Waals surface area contributed by atoms with Gasteiger partial charge >= 0.3 is 0 Å². The van der Waals surface area contributed by atoms with Gasteiger partial charge in [-0.1, -0.05) is 20.8 Å². The molecule has 100 valence electrons. The van der Waals surface area contributed by atoms with Crippen molar-refractivity contribution < 1.29 is 4.79 Å². The van der Waals surface area contributed by atoms with Crippen LogP contribution in [0.4, 0.5) is 5.82 Å². The summed E-state index contributed by atoms with van der Waals surface area (Å²) in [5, 5.41) is 6.02. The van der Waals surface area contributed by atoms with E-state index in [0.717, 1.165) is 18.8 Å². The Morgan fingerprint density at radius 3 is 2.72 bits per heavy atom. The molecule has 1 aromatic heterocycles. The Bertz CT molecular complexity index is 396. The molecule has 2 N–H and O–H groups in total. The number of anilines is 1. The maximum absolute atomic E-state index is 11.9. The molecule has 0 radical (unpaired) electrons. The van der Waals surface area contributed by atoms with Crippen LogP contribution in [-0.2, 0) is 0 Å². The second kappa shape index (κ2) is 6.38. The van der Waals surface area contributed by atoms with Crippen molar-refractivity contribution in [3.63, 3.8) is 0 Å². The normalized spacial score (nSPS) is 11.1. The van der Waals surface area contributed by atoms with E-state index in [9.17, 15) is 4.79 Å². The molecule has 1 rings (SSSR count). The quantitative estimate of drug-likeness (QED) is 0.843. The van der Waals surface area contributed by atoms with Crippen LogP contribution in [0, 0.1) is 5.41 Å². The Labute approximate surface area is 109 Å². The lowest BCUT2D eigenvalue weighted by Gasteiger charge is -2.18. The van der Waals surface area contributed by atoms with E-state index in [1.54, 1.807) is 18.3 Å². The smallest absolute Gasteiger partial charge is 0.251 e. The van der Waals surface area contributed by atoms with Crippen molar-refractivity contribution in [2.45, 2.75) is 34.1 Å². The maximum Gasteiger partial charge on any atom is 0.251 e. The van der Waals surface area contributed by atoms with Crippen molar-refractivity contribution in [2.24, 2.45) is 5.41 Å². The molecule has 4 heteroatoms. The van der Waals surface area contributed by atoms with Crippen molar-refractivity contribution in [3.8, 4) is 0 Å². The monoisotopic (exact) mass is 249 g/mol. The number of amides is 1. The zero-order chi connectivity index (χ0) is 13.6. The first-order valence-corrected chi connectivity index (χ1v) is 6.40. The fourth-order valence-electron chi connectivity index (χ4n) is 1.50. The van der Waals surface area contributed by atoms with E-state index < -0.39 is 0 Å². The number of nitrogens with one attached hydrogen (secondary N) is 2. The summed E-state index contributed by atoms with van der Waals surface area (Å²) in [6.07, 6.45) is 2.61. The summed E-state index contributed by atoms with van der Waals surface area (Å²) >= 11 is 0. The molecule has 0 atom stereocenters. The van der Waals surface area contributed by atoms with Gasteiger partial charge in [-0.05, 0) is 30.9 Å². The Hall–Kier alpha value is -1.58. The van der Waals surface area contributed by atoms with Crippen molar-refractivity contribution >= 4 is 11.7 Å². The van der Waals surface area contributed by atoms with Gasteiger partial charge in [0.1, 0.15) is 5.82 Å². The van der Waals surface area contributed by atoms with Crippen LogP contribution in [0.5, 0.6) is 0 Å². The molecule has 0 unspecified atom stereocenters. The topological polar surface area (TPSA) is 54.0 Å². The second-order valence-electron chi connectivity index (χ2n) is 5.53. The van der Waals surface area contributed by atoms with Gasteiger partial charge in [0.25, 0.3) is 5.91 Å². The van der Waals surface area contributed by atoms with Gasteiger partial charge in [-0.2, -0.15) is 0 Å². The van der Waals surface area contributed by atoms with Gasteiger partial charge in [-0.25, -0.2) is 4.98 Å². The number of carbonyl (C=O) groups excluding carboxylic acids is 1. The molecule has 0 aliphatic heterocycles. The van der Waals surface area contributed by atoms with Crippen LogP contribution in [0.25, 0.3) is 0 Å². The SMILES string of the molecule is CCNc1cc(C(=O)NCCC(C)(C)C)ccn1. The van der Waals surface area contributed by atoms with Gasteiger partial charge in [0, 0.05) is 24.8 Å². The molecule has 4 nitrogen and oxygen atoms in total. The van der Waals surface area contributed by atoms with Gasteiger partial charge in [-0.15, -0.1) is 0 Å². The summed E-state index contributed by atoms with van der Waals surface area (Å²) in [6.45, 7) is 9.97. The van der Waals surface area contributed by atoms with E-state index in [-0.39, 0.29) is 11.3 Å². The molecular formula is C14H23N3O. The Morgan fingerprint density at radius 1 is 1.39 bits per heavy atom. The van der Waals surface area contributed by atoms with Crippen LogP contribution in [-0.4, -0.2) is 24.0 Å². The number of pyridine rings is 1. The molecule has 0 spiro atoms. The summed E-state index contributed by atoms with van der Waals surface area (Å²) in [6, 6.07) is 3.50. The first-order valence-electron chi connectivity index (χ1n) is 6.40. The summed E-state index contributed by atoms with van der Waals surface area (Å²) in [7, 11) is 0. The number of nitrogens with zero attached hydrogens (tertiary/aromatic N) is 1. The van der Waals surface area contributed by atoms with Crippen molar-refractivity contribution in [1.82, 2.24) is 10.3 Å². The van der Waals surface area contributed by atoms with Crippen molar-refractivity contribution in [2.75, 3.05) is 18.4 Å². The molecule has 18 heavy (non-hydrogen) atoms. The highest BCUT2D eigenvalue weighted by Crippen LogP contribution is 2.17. The number of hydrogen-bond acceptors (Lipinski definition) is 3. The molecule has 1 amide bonds. The maximum atomic E-state index is 11.9. The minimum Gasteiger partial charge on any atom is -0.370 e. The van der Waals surface area contributed by atoms with Gasteiger partial charge in [0.2, 0.25) is 0 Å². The molecule has 0 saturated carbocycles. The predicted octanol–water partition coefficient (Wildman–Crippen LogP) is 2.68. The minimum atomic E-state index is -0.0409. The first kappa shape index (κ1) is 14.5. The lowest BCUT2D eigenvalue weighted by atomic mass is 9.92. The molecule has 1 heterocycles. The Kier molecular flexibility index (Phi) is 5.13. The molecule has 0 aromatic carbocycles. The van der Waals surface area contributed by atoms with E-state index in [1.807, 2.05) is 6.92 Å². The fraction of sp³-hybridized carbons (Fsp3) is 0.571. The van der Waals surface area contributed by atoms with E-state index in [4.69, 9.17) is 0 Å². The van der Waals surface area contributed by atoms with Crippen LogP contribution >= 0.6 is 0 Å². The third kappa shape index (κ3) is 5.17. The molecule has 0 saturated heterocycles. The summed E-state index contributed by atoms with van der Waals surface area (Å²) in [4.78, 5) is 16.1. The molecule has 0 bridgehead atoms. The predicted molar refractivity (Wildman–Crippen MR) is 74.8 cm³/mol. The zero-order valence-corrected chi connectivity index (χ0v) is 11.7. The van der Waals surface area contributed by atoms with Gasteiger partial charge in [0.05, 0.1) is 0 Å². The molecule has 0 fully saturated rings. The standard InChI is InChI=1S/C14H23N3O/c1-5-15-12-10-11(6-8-16-12)13(18)17-9-7-14(2,3)4/h6,8,10H,5,7,9H2,1-4H3,(H,15,16)(H,17,18). The van der Waals surface area contributed by atoms with Crippen LogP contribution in [0.3, 0.4) is 0 Å². The van der Waals surface area contributed by atoms with Crippen LogP contribution in [0.2, 0.25) is 0 Å². The lowest BCUT2D eigenvalue weighted by Crippen LogP contribution is -2.27. The number of aromatic nitrogens is 1. The number of carbonyl (C=O) groups is 1. The molecule has 0 aliphatic carbocycles. The molecular weight excluding hydrogens is 226 g/mol. The average Bonchev–Trinajstić information content (AvgIpc) is 2.28. The van der Waals surface area contributed by atoms with E-state index in [2.05, 4.69) is 36.4 Å². The third-order valence-electron chi connectivity index (χ3n) is 2.54. The van der Waals surface area contributed by atoms with Crippen molar-refractivity contribution in [3.05, 3.63) is 23.9 Å². The van der Waals surface area contributed by atoms with E-state index in [1.165, 1.54) is 0 Å². The highest BCUT2D eigenvalue weighted by molar-refractivity contribution is 5.94. The van der Waals surface area contributed by atoms with E-state index >= 15 is 0 Å². The average molecular weight is 249 g/mol. The summed E-state index contributed by atoms with van der Waals surface area (Å²) in [5.41, 5.74) is 0.885. The van der Waals surface area contributed by atoms with Crippen LogP contribution in [0.15, 0.2) is 18.3 Å². The fourth-order valence-corrected chi connectivity index (χ4v) is 1.50. The van der Waals surface area contributed by atoms with Crippen LogP contribution < -0.4 is 10.6 Å². The summed E-state index contributed by atoms with van der Waals surface area (Å²) < 4.78 is 0. The Balaban J connectivity index is 2.53. The van der Waals surface area contributed by atoms with Crippen molar-refractivity contribution in [1.29, 1.82) is 0 Å². The minimum absolute atomic E-state index is 0.0409. The lowest BCUT2D eigenvalue weighted by molar-refractivity contribution is 0.0949. The van der Waals surface area contributed by atoms with Gasteiger partial charge < -0.3 is 10.6 Å². The summed E-state index contributed by atoms with van der Waals surface area (Å²) in [5.74, 6) is 0.696. The number of hydrogen-bond donors (Lipinski definition) is 2. The first-order chi connectivity index (χ1) is 8.42. The number of rotatable bonds is 5. The molecule has 1 aromatic rings. The third-order valence-corrected chi connectivity index (χ3v) is 2.54. The highest BCUT2D eigenvalue weighted by atomic mass is 16.1. The zero-order valence-electron chi connectivity index (χ0n) is 11.7. The van der Waals surface area contributed by atoms with Crippen LogP contribution in [0.1, 0.15) is 44.5 Å². The molecule has 0 aliphatic rings. The second-order valence-corrected chi connectivity index (χ2v) is 5.53. The Morgan fingerprint density at radius 2 is 2.11 bits per heavy atom.